The van der Waals surface area contributed by atoms with E-state index in [2.05, 4.69) is 18.3 Å². The summed E-state index contributed by atoms with van der Waals surface area (Å²) in [4.78, 5) is 0. The lowest BCUT2D eigenvalue weighted by atomic mass is 10.2. The Balaban J connectivity index is 2.52. The van der Waals surface area contributed by atoms with Gasteiger partial charge in [0.05, 0.1) is 10.6 Å². The van der Waals surface area contributed by atoms with Crippen LogP contribution in [0.1, 0.15) is 31.7 Å². The topological polar surface area (TPSA) is 35.8 Å². The third kappa shape index (κ3) is 3.81. The molecule has 0 aliphatic heterocycles. The van der Waals surface area contributed by atoms with Gasteiger partial charge in [-0.25, -0.2) is 0 Å². The van der Waals surface area contributed by atoms with Crippen molar-refractivity contribution in [1.29, 1.82) is 5.26 Å². The minimum atomic E-state index is 0.511. The van der Waals surface area contributed by atoms with Gasteiger partial charge in [-0.1, -0.05) is 31.4 Å². The molecule has 0 heterocycles. The van der Waals surface area contributed by atoms with Gasteiger partial charge in [-0.05, 0) is 24.6 Å². The molecule has 0 aliphatic rings. The van der Waals surface area contributed by atoms with Crippen molar-refractivity contribution in [3.8, 4) is 6.07 Å². The fourth-order valence-electron chi connectivity index (χ4n) is 1.33. The van der Waals surface area contributed by atoms with Crippen LogP contribution in [0.2, 0.25) is 5.02 Å². The second-order valence-electron chi connectivity index (χ2n) is 3.44. The van der Waals surface area contributed by atoms with Gasteiger partial charge in [0.1, 0.15) is 6.07 Å². The molecule has 0 saturated heterocycles. The highest BCUT2D eigenvalue weighted by Crippen LogP contribution is 2.19. The number of unbranched alkanes of at least 4 members (excludes halogenated alkanes) is 2. The van der Waals surface area contributed by atoms with E-state index in [0.717, 1.165) is 18.7 Å². The normalized spacial score (nSPS) is 9.67. The van der Waals surface area contributed by atoms with E-state index in [-0.39, 0.29) is 0 Å². The van der Waals surface area contributed by atoms with Crippen LogP contribution in [0.15, 0.2) is 18.2 Å². The van der Waals surface area contributed by atoms with Crippen LogP contribution in [-0.2, 0) is 0 Å². The summed E-state index contributed by atoms with van der Waals surface area (Å²) in [6, 6.07) is 7.50. The Morgan fingerprint density at radius 2 is 2.20 bits per heavy atom. The second kappa shape index (κ2) is 6.31. The molecule has 2 nitrogen and oxygen atoms in total. The van der Waals surface area contributed by atoms with Crippen LogP contribution in [0.5, 0.6) is 0 Å². The fourth-order valence-corrected chi connectivity index (χ4v) is 1.49. The van der Waals surface area contributed by atoms with Gasteiger partial charge in [0.25, 0.3) is 0 Å². The first-order valence-electron chi connectivity index (χ1n) is 5.21. The lowest BCUT2D eigenvalue weighted by Crippen LogP contribution is -2.01. The van der Waals surface area contributed by atoms with Gasteiger partial charge in [0, 0.05) is 12.2 Å². The number of benzene rings is 1. The van der Waals surface area contributed by atoms with Crippen molar-refractivity contribution in [2.24, 2.45) is 0 Å². The summed E-state index contributed by atoms with van der Waals surface area (Å²) in [6.07, 6.45) is 3.60. The van der Waals surface area contributed by atoms with Crippen LogP contribution in [-0.4, -0.2) is 6.54 Å². The van der Waals surface area contributed by atoms with E-state index >= 15 is 0 Å². The lowest BCUT2D eigenvalue weighted by Gasteiger charge is -2.06. The van der Waals surface area contributed by atoms with Crippen molar-refractivity contribution in [2.45, 2.75) is 26.2 Å². The van der Waals surface area contributed by atoms with Crippen LogP contribution in [0.3, 0.4) is 0 Å². The first kappa shape index (κ1) is 11.9. The molecule has 1 rings (SSSR count). The van der Waals surface area contributed by atoms with Crippen molar-refractivity contribution in [3.05, 3.63) is 28.8 Å². The van der Waals surface area contributed by atoms with Gasteiger partial charge < -0.3 is 5.32 Å². The van der Waals surface area contributed by atoms with E-state index in [1.165, 1.54) is 12.8 Å². The summed E-state index contributed by atoms with van der Waals surface area (Å²) in [6.45, 7) is 3.12. The summed E-state index contributed by atoms with van der Waals surface area (Å²) >= 11 is 5.83. The van der Waals surface area contributed by atoms with Crippen molar-refractivity contribution >= 4 is 17.3 Å². The summed E-state index contributed by atoms with van der Waals surface area (Å²) < 4.78 is 0. The molecule has 1 aromatic rings. The molecule has 0 atom stereocenters. The molecule has 0 aliphatic carbocycles. The highest BCUT2D eigenvalue weighted by Gasteiger charge is 2.00. The number of nitrogens with zero attached hydrogens (tertiary/aromatic N) is 1. The zero-order valence-electron chi connectivity index (χ0n) is 8.89. The molecule has 15 heavy (non-hydrogen) atoms. The van der Waals surface area contributed by atoms with E-state index in [1.807, 2.05) is 6.07 Å². The molecule has 0 bridgehead atoms. The largest absolute Gasteiger partial charge is 0.385 e. The zero-order chi connectivity index (χ0) is 11.1. The van der Waals surface area contributed by atoms with E-state index < -0.39 is 0 Å². The van der Waals surface area contributed by atoms with Crippen molar-refractivity contribution in [3.63, 3.8) is 0 Å². The molecule has 0 amide bonds. The standard InChI is InChI=1S/C12H15ClN2/c1-2-3-4-7-15-11-5-6-12(13)10(8-11)9-14/h5-6,8,15H,2-4,7H2,1H3. The van der Waals surface area contributed by atoms with Crippen molar-refractivity contribution in [2.75, 3.05) is 11.9 Å². The average molecular weight is 223 g/mol. The minimum absolute atomic E-state index is 0.511. The Morgan fingerprint density at radius 3 is 2.87 bits per heavy atom. The summed E-state index contributed by atoms with van der Waals surface area (Å²) in [7, 11) is 0. The van der Waals surface area contributed by atoms with Gasteiger partial charge in [-0.15, -0.1) is 0 Å². The van der Waals surface area contributed by atoms with Crippen LogP contribution in [0.25, 0.3) is 0 Å². The molecular formula is C12H15ClN2. The smallest absolute Gasteiger partial charge is 0.101 e. The molecule has 0 fully saturated rings. The molecule has 80 valence electrons. The molecule has 0 spiro atoms. The Hall–Kier alpha value is -1.20. The number of nitrogens with one attached hydrogen (secondary N) is 1. The maximum Gasteiger partial charge on any atom is 0.101 e. The zero-order valence-corrected chi connectivity index (χ0v) is 9.64. The van der Waals surface area contributed by atoms with Gasteiger partial charge in [-0.3, -0.25) is 0 Å². The summed E-state index contributed by atoms with van der Waals surface area (Å²) in [5.74, 6) is 0. The Morgan fingerprint density at radius 1 is 1.40 bits per heavy atom. The Bertz CT molecular complexity index is 355. The number of hydrogen-bond acceptors (Lipinski definition) is 2. The summed E-state index contributed by atoms with van der Waals surface area (Å²) in [5.41, 5.74) is 1.49. The van der Waals surface area contributed by atoms with Gasteiger partial charge in [0.2, 0.25) is 0 Å². The SMILES string of the molecule is CCCCCNc1ccc(Cl)c(C#N)c1. The predicted molar refractivity (Wildman–Crippen MR) is 64.2 cm³/mol. The van der Waals surface area contributed by atoms with E-state index in [9.17, 15) is 0 Å². The maximum atomic E-state index is 8.79. The maximum absolute atomic E-state index is 8.79. The fraction of sp³-hybridized carbons (Fsp3) is 0.417. The number of hydrogen-bond donors (Lipinski definition) is 1. The van der Waals surface area contributed by atoms with Crippen LogP contribution in [0.4, 0.5) is 5.69 Å². The Kier molecular flexibility index (Phi) is 5.00. The van der Waals surface area contributed by atoms with Gasteiger partial charge in [-0.2, -0.15) is 5.26 Å². The second-order valence-corrected chi connectivity index (χ2v) is 3.85. The lowest BCUT2D eigenvalue weighted by molar-refractivity contribution is 0.744. The average Bonchev–Trinajstić information content (AvgIpc) is 2.26. The van der Waals surface area contributed by atoms with E-state index in [1.54, 1.807) is 12.1 Å². The van der Waals surface area contributed by atoms with Crippen molar-refractivity contribution in [1.82, 2.24) is 0 Å². The number of nitriles is 1. The molecule has 3 heteroatoms. The molecule has 1 N–H and O–H groups in total. The van der Waals surface area contributed by atoms with E-state index in [0.29, 0.717) is 10.6 Å². The minimum Gasteiger partial charge on any atom is -0.385 e. The van der Waals surface area contributed by atoms with Crippen LogP contribution >= 0.6 is 11.6 Å². The summed E-state index contributed by atoms with van der Waals surface area (Å²) in [5, 5.41) is 12.6. The molecule has 1 aromatic carbocycles. The third-order valence-electron chi connectivity index (χ3n) is 2.20. The van der Waals surface area contributed by atoms with Crippen LogP contribution in [0, 0.1) is 11.3 Å². The number of rotatable bonds is 5. The molecular weight excluding hydrogens is 208 g/mol. The monoisotopic (exact) mass is 222 g/mol. The molecule has 0 saturated carbocycles. The van der Waals surface area contributed by atoms with Crippen LogP contribution < -0.4 is 5.32 Å². The molecule has 0 unspecified atom stereocenters. The first-order chi connectivity index (χ1) is 7.27. The molecule has 0 aromatic heterocycles. The third-order valence-corrected chi connectivity index (χ3v) is 2.53. The Labute approximate surface area is 95.9 Å². The quantitative estimate of drug-likeness (QED) is 0.769. The van der Waals surface area contributed by atoms with E-state index in [4.69, 9.17) is 16.9 Å². The van der Waals surface area contributed by atoms with Gasteiger partial charge in [0.15, 0.2) is 0 Å². The predicted octanol–water partition coefficient (Wildman–Crippen LogP) is 3.81. The van der Waals surface area contributed by atoms with Gasteiger partial charge >= 0.3 is 0 Å². The highest BCUT2D eigenvalue weighted by molar-refractivity contribution is 6.31. The number of halogens is 1. The highest BCUT2D eigenvalue weighted by atomic mass is 35.5. The first-order valence-corrected chi connectivity index (χ1v) is 5.59. The van der Waals surface area contributed by atoms with Crippen molar-refractivity contribution < 1.29 is 0 Å². The molecule has 0 radical (unpaired) electrons. The number of anilines is 1.